The summed E-state index contributed by atoms with van der Waals surface area (Å²) in [4.78, 5) is 34.2. The van der Waals surface area contributed by atoms with E-state index in [9.17, 15) is 23.5 Å². The normalized spacial score (nSPS) is 24.8. The summed E-state index contributed by atoms with van der Waals surface area (Å²) in [5, 5.41) is 12.7. The van der Waals surface area contributed by atoms with Gasteiger partial charge in [-0.1, -0.05) is 6.07 Å². The summed E-state index contributed by atoms with van der Waals surface area (Å²) in [6, 6.07) is 6.52. The highest BCUT2D eigenvalue weighted by Crippen LogP contribution is 2.46. The Hall–Kier alpha value is -3.11. The van der Waals surface area contributed by atoms with Crippen molar-refractivity contribution in [2.75, 3.05) is 36.5 Å². The second-order valence-corrected chi connectivity index (χ2v) is 11.4. The molecule has 0 radical (unpaired) electrons. The number of ether oxygens (including phenoxy) is 1. The maximum atomic E-state index is 13.3. The van der Waals surface area contributed by atoms with E-state index in [2.05, 4.69) is 15.2 Å². The number of carbonyl (C=O) groups excluding carboxylic acids is 2. The van der Waals surface area contributed by atoms with Gasteiger partial charge in [0.25, 0.3) is 6.43 Å². The Kier molecular flexibility index (Phi) is 6.79. The van der Waals surface area contributed by atoms with Crippen LogP contribution in [0.1, 0.15) is 62.1 Å². The number of aromatic nitrogens is 1. The SMILES string of the molecule is CC(O)C1CC(N2C(=O)CCc3cc(OCCN4CCC5(CC4)C(=O)Nc4ccc(C(F)F)cc45)cnc32)C1. The number of aliphatic hydroxyl groups is 1. The molecule has 10 heteroatoms. The highest BCUT2D eigenvalue weighted by molar-refractivity contribution is 6.06. The van der Waals surface area contributed by atoms with E-state index in [0.717, 1.165) is 18.4 Å². The van der Waals surface area contributed by atoms with Gasteiger partial charge in [-0.2, -0.15) is 0 Å². The number of anilines is 2. The molecule has 8 nitrogen and oxygen atoms in total. The fraction of sp³-hybridized carbons (Fsp3) is 0.552. The highest BCUT2D eigenvalue weighted by Gasteiger charge is 2.48. The maximum absolute atomic E-state index is 13.3. The summed E-state index contributed by atoms with van der Waals surface area (Å²) in [5.41, 5.74) is 1.53. The lowest BCUT2D eigenvalue weighted by Gasteiger charge is -2.45. The number of fused-ring (bicyclic) bond motifs is 3. The number of carbonyl (C=O) groups is 2. The van der Waals surface area contributed by atoms with E-state index in [1.54, 1.807) is 19.2 Å². The largest absolute Gasteiger partial charge is 0.491 e. The standard InChI is InChI=1S/C29H34F2N4O4/c1-17(36)20-12-21(13-20)35-25(37)5-3-19-14-22(16-32-27(19)35)39-11-10-34-8-6-29(7-9-34)23-15-18(26(30)31)2-4-24(23)33-28(29)38/h2,4,14-17,20-21,26,36H,3,5-13H2,1H3,(H,33,38). The van der Waals surface area contributed by atoms with Crippen LogP contribution in [0.4, 0.5) is 20.3 Å². The van der Waals surface area contributed by atoms with Crippen molar-refractivity contribution in [3.8, 4) is 5.75 Å². The monoisotopic (exact) mass is 540 g/mol. The zero-order valence-corrected chi connectivity index (χ0v) is 22.0. The molecule has 1 spiro atoms. The Morgan fingerprint density at radius 3 is 2.67 bits per heavy atom. The molecule has 3 aliphatic heterocycles. The van der Waals surface area contributed by atoms with Gasteiger partial charge in [0, 0.05) is 30.3 Å². The molecule has 208 valence electrons. The van der Waals surface area contributed by atoms with Gasteiger partial charge in [-0.3, -0.25) is 19.4 Å². The zero-order chi connectivity index (χ0) is 27.3. The predicted octanol–water partition coefficient (Wildman–Crippen LogP) is 3.82. The van der Waals surface area contributed by atoms with E-state index in [0.29, 0.717) is 74.7 Å². The summed E-state index contributed by atoms with van der Waals surface area (Å²) in [5.74, 6) is 1.59. The zero-order valence-electron chi connectivity index (χ0n) is 22.0. The molecule has 1 aromatic heterocycles. The molecule has 4 aliphatic rings. The number of likely N-dealkylation sites (tertiary alicyclic amines) is 1. The van der Waals surface area contributed by atoms with Crippen LogP contribution in [0, 0.1) is 5.92 Å². The molecule has 0 bridgehead atoms. The molecule has 2 amide bonds. The van der Waals surface area contributed by atoms with Gasteiger partial charge in [0.2, 0.25) is 11.8 Å². The van der Waals surface area contributed by atoms with Crippen molar-refractivity contribution in [3.05, 3.63) is 47.2 Å². The number of amides is 2. The molecular weight excluding hydrogens is 506 g/mol. The van der Waals surface area contributed by atoms with Crippen LogP contribution >= 0.6 is 0 Å². The second kappa shape index (κ2) is 10.1. The van der Waals surface area contributed by atoms with Crippen molar-refractivity contribution in [3.63, 3.8) is 0 Å². The molecule has 1 aromatic carbocycles. The van der Waals surface area contributed by atoms with Crippen molar-refractivity contribution in [1.29, 1.82) is 0 Å². The number of rotatable bonds is 7. The van der Waals surface area contributed by atoms with Crippen LogP contribution in [0.25, 0.3) is 0 Å². The molecule has 1 aliphatic carbocycles. The summed E-state index contributed by atoms with van der Waals surface area (Å²) in [6.07, 6.45) is 2.54. The minimum Gasteiger partial charge on any atom is -0.491 e. The Bertz CT molecular complexity index is 1270. The van der Waals surface area contributed by atoms with Gasteiger partial charge in [0.15, 0.2) is 0 Å². The van der Waals surface area contributed by atoms with E-state index < -0.39 is 11.8 Å². The predicted molar refractivity (Wildman–Crippen MR) is 141 cm³/mol. The maximum Gasteiger partial charge on any atom is 0.263 e. The number of piperidine rings is 1. The van der Waals surface area contributed by atoms with Crippen LogP contribution < -0.4 is 15.0 Å². The molecule has 2 N–H and O–H groups in total. The van der Waals surface area contributed by atoms with Gasteiger partial charge in [0.05, 0.1) is 17.7 Å². The quantitative estimate of drug-likeness (QED) is 0.555. The summed E-state index contributed by atoms with van der Waals surface area (Å²) >= 11 is 0. The first-order valence-corrected chi connectivity index (χ1v) is 13.8. The van der Waals surface area contributed by atoms with E-state index in [-0.39, 0.29) is 35.4 Å². The number of nitrogens with one attached hydrogen (secondary N) is 1. The number of benzene rings is 1. The van der Waals surface area contributed by atoms with Crippen LogP contribution in [0.5, 0.6) is 5.75 Å². The minimum atomic E-state index is -2.57. The van der Waals surface area contributed by atoms with Crippen molar-refractivity contribution in [2.24, 2.45) is 5.92 Å². The van der Waals surface area contributed by atoms with Gasteiger partial charge >= 0.3 is 0 Å². The van der Waals surface area contributed by atoms with Crippen molar-refractivity contribution in [2.45, 2.75) is 69.4 Å². The molecular formula is C29H34F2N4O4. The first-order chi connectivity index (χ1) is 18.7. The van der Waals surface area contributed by atoms with E-state index in [1.165, 1.54) is 12.1 Å². The smallest absolute Gasteiger partial charge is 0.263 e. The molecule has 2 aromatic rings. The number of halogens is 2. The van der Waals surface area contributed by atoms with Gasteiger partial charge < -0.3 is 15.2 Å². The Labute approximate surface area is 226 Å². The Morgan fingerprint density at radius 1 is 1.18 bits per heavy atom. The molecule has 1 atom stereocenters. The van der Waals surface area contributed by atoms with E-state index in [4.69, 9.17) is 4.74 Å². The number of alkyl halides is 2. The van der Waals surface area contributed by atoms with E-state index >= 15 is 0 Å². The van der Waals surface area contributed by atoms with Crippen molar-refractivity contribution < 1.29 is 28.2 Å². The molecule has 1 saturated carbocycles. The number of hydrogen-bond donors (Lipinski definition) is 2. The molecule has 39 heavy (non-hydrogen) atoms. The van der Waals surface area contributed by atoms with Crippen LogP contribution in [0.3, 0.4) is 0 Å². The number of aryl methyl sites for hydroxylation is 1. The average molecular weight is 541 g/mol. The third-order valence-electron chi connectivity index (χ3n) is 9.10. The third kappa shape index (κ3) is 4.67. The molecule has 6 rings (SSSR count). The first-order valence-electron chi connectivity index (χ1n) is 13.8. The lowest BCUT2D eigenvalue weighted by atomic mass is 9.73. The van der Waals surface area contributed by atoms with Crippen LogP contribution in [0.15, 0.2) is 30.5 Å². The fourth-order valence-electron chi connectivity index (χ4n) is 6.57. The van der Waals surface area contributed by atoms with Gasteiger partial charge in [-0.15, -0.1) is 0 Å². The van der Waals surface area contributed by atoms with Gasteiger partial charge in [-0.25, -0.2) is 13.8 Å². The second-order valence-electron chi connectivity index (χ2n) is 11.4. The minimum absolute atomic E-state index is 0.0526. The summed E-state index contributed by atoms with van der Waals surface area (Å²) in [7, 11) is 0. The Balaban J connectivity index is 1.04. The average Bonchev–Trinajstić information content (AvgIpc) is 3.15. The number of hydrogen-bond acceptors (Lipinski definition) is 6. The molecule has 4 heterocycles. The van der Waals surface area contributed by atoms with Crippen molar-refractivity contribution >= 4 is 23.3 Å². The molecule has 2 fully saturated rings. The first kappa shape index (κ1) is 26.1. The third-order valence-corrected chi connectivity index (χ3v) is 9.10. The lowest BCUT2D eigenvalue weighted by molar-refractivity contribution is -0.122. The number of nitrogens with zero attached hydrogens (tertiary/aromatic N) is 3. The summed E-state index contributed by atoms with van der Waals surface area (Å²) < 4.78 is 32.6. The van der Waals surface area contributed by atoms with Crippen LogP contribution in [-0.4, -0.2) is 65.2 Å². The summed E-state index contributed by atoms with van der Waals surface area (Å²) in [6.45, 7) is 4.26. The number of pyridine rings is 1. The lowest BCUT2D eigenvalue weighted by Crippen LogP contribution is -2.52. The molecule has 1 unspecified atom stereocenters. The van der Waals surface area contributed by atoms with E-state index in [1.807, 2.05) is 11.0 Å². The van der Waals surface area contributed by atoms with Crippen LogP contribution in [-0.2, 0) is 21.4 Å². The van der Waals surface area contributed by atoms with Crippen molar-refractivity contribution in [1.82, 2.24) is 9.88 Å². The van der Waals surface area contributed by atoms with Gasteiger partial charge in [0.1, 0.15) is 18.2 Å². The Morgan fingerprint density at radius 2 is 1.95 bits per heavy atom. The fourth-order valence-corrected chi connectivity index (χ4v) is 6.57. The topological polar surface area (TPSA) is 95.0 Å². The number of aliphatic hydroxyl groups excluding tert-OH is 1. The highest BCUT2D eigenvalue weighted by atomic mass is 19.3. The van der Waals surface area contributed by atoms with Gasteiger partial charge in [-0.05, 0) is 87.4 Å². The van der Waals surface area contributed by atoms with Crippen LogP contribution in [0.2, 0.25) is 0 Å². The molecule has 1 saturated heterocycles.